The highest BCUT2D eigenvalue weighted by molar-refractivity contribution is 7.80. The largest absolute Gasteiger partial charge is 0.358 e. The molecule has 0 aromatic rings. The Morgan fingerprint density at radius 2 is 2.23 bits per heavy atom. The van der Waals surface area contributed by atoms with E-state index in [4.69, 9.17) is 12.2 Å². The number of hydrazine groups is 1. The van der Waals surface area contributed by atoms with Crippen LogP contribution >= 0.6 is 12.2 Å². The normalized spacial score (nSPS) is 14.5. The summed E-state index contributed by atoms with van der Waals surface area (Å²) in [4.78, 5) is 11.1. The van der Waals surface area contributed by atoms with Gasteiger partial charge in [0.15, 0.2) is 5.11 Å². The number of amides is 1. The molecule has 4 nitrogen and oxygen atoms in total. The molecule has 0 heterocycles. The van der Waals surface area contributed by atoms with Gasteiger partial charge in [-0.3, -0.25) is 15.6 Å². The van der Waals surface area contributed by atoms with Gasteiger partial charge in [0, 0.05) is 12.5 Å². The van der Waals surface area contributed by atoms with Crippen LogP contribution in [0.15, 0.2) is 12.7 Å². The molecular weight excluding hydrogens is 186 g/mol. The van der Waals surface area contributed by atoms with Crippen LogP contribution in [0.25, 0.3) is 0 Å². The number of carbonyl (C=O) groups excluding carboxylic acids is 1. The second-order valence-corrected chi connectivity index (χ2v) is 3.30. The number of nitrogens with one attached hydrogen (secondary N) is 3. The number of thiocarbonyl (C=S) groups is 1. The van der Waals surface area contributed by atoms with Crippen LogP contribution in [0.3, 0.4) is 0 Å². The summed E-state index contributed by atoms with van der Waals surface area (Å²) in [5, 5.41) is 3.25. The lowest BCUT2D eigenvalue weighted by Gasteiger charge is -2.09. The Kier molecular flexibility index (Phi) is 3.70. The molecule has 0 aromatic heterocycles. The lowest BCUT2D eigenvalue weighted by molar-refractivity contribution is -0.122. The molecule has 1 fully saturated rings. The standard InChI is InChI=1S/C8H13N3OS/c1-2-5-9-8(13)11-10-7(12)6-3-4-6/h2,6H,1,3-5H2,(H,10,12)(H2,9,11,13). The van der Waals surface area contributed by atoms with Gasteiger partial charge in [0.05, 0.1) is 0 Å². The maximum absolute atomic E-state index is 11.1. The second-order valence-electron chi connectivity index (χ2n) is 2.89. The summed E-state index contributed by atoms with van der Waals surface area (Å²) in [7, 11) is 0. The Labute approximate surface area is 82.7 Å². The maximum atomic E-state index is 11.1. The quantitative estimate of drug-likeness (QED) is 0.342. The van der Waals surface area contributed by atoms with Crippen LogP contribution < -0.4 is 16.2 Å². The first-order valence-electron chi connectivity index (χ1n) is 4.18. The Bertz CT molecular complexity index is 225. The van der Waals surface area contributed by atoms with Crippen molar-refractivity contribution in [3.05, 3.63) is 12.7 Å². The predicted molar refractivity (Wildman–Crippen MR) is 54.8 cm³/mol. The van der Waals surface area contributed by atoms with Gasteiger partial charge in [-0.2, -0.15) is 0 Å². The molecule has 0 saturated heterocycles. The summed E-state index contributed by atoms with van der Waals surface area (Å²) in [6, 6.07) is 0. The Hall–Kier alpha value is -1.10. The molecule has 13 heavy (non-hydrogen) atoms. The van der Waals surface area contributed by atoms with E-state index in [1.165, 1.54) is 0 Å². The highest BCUT2D eigenvalue weighted by Gasteiger charge is 2.29. The summed E-state index contributed by atoms with van der Waals surface area (Å²) >= 11 is 4.86. The molecule has 1 amide bonds. The number of rotatable bonds is 3. The van der Waals surface area contributed by atoms with Crippen molar-refractivity contribution < 1.29 is 4.79 Å². The van der Waals surface area contributed by atoms with Crippen LogP contribution in [-0.2, 0) is 4.79 Å². The minimum absolute atomic E-state index is 0.0164. The van der Waals surface area contributed by atoms with Gasteiger partial charge in [-0.1, -0.05) is 6.08 Å². The zero-order valence-electron chi connectivity index (χ0n) is 7.30. The fourth-order valence-electron chi connectivity index (χ4n) is 0.775. The van der Waals surface area contributed by atoms with Crippen LogP contribution in [0.1, 0.15) is 12.8 Å². The van der Waals surface area contributed by atoms with Crippen molar-refractivity contribution in [1.29, 1.82) is 0 Å². The lowest BCUT2D eigenvalue weighted by atomic mass is 10.4. The first kappa shape index (κ1) is 9.98. The van der Waals surface area contributed by atoms with Gasteiger partial charge in [-0.15, -0.1) is 6.58 Å². The molecule has 3 N–H and O–H groups in total. The molecule has 0 bridgehead atoms. The van der Waals surface area contributed by atoms with Crippen LogP contribution in [-0.4, -0.2) is 17.6 Å². The molecule has 1 aliphatic rings. The molecule has 0 atom stereocenters. The molecule has 72 valence electrons. The van der Waals surface area contributed by atoms with Crippen LogP contribution in [0.4, 0.5) is 0 Å². The van der Waals surface area contributed by atoms with Crippen LogP contribution in [0, 0.1) is 5.92 Å². The zero-order valence-corrected chi connectivity index (χ0v) is 8.12. The van der Waals surface area contributed by atoms with Crippen molar-refractivity contribution in [2.24, 2.45) is 5.92 Å². The molecule has 1 saturated carbocycles. The van der Waals surface area contributed by atoms with E-state index >= 15 is 0 Å². The van der Waals surface area contributed by atoms with Crippen molar-refractivity contribution >= 4 is 23.2 Å². The van der Waals surface area contributed by atoms with Crippen molar-refractivity contribution in [2.75, 3.05) is 6.54 Å². The van der Waals surface area contributed by atoms with Gasteiger partial charge in [0.25, 0.3) is 0 Å². The van der Waals surface area contributed by atoms with E-state index < -0.39 is 0 Å². The van der Waals surface area contributed by atoms with Gasteiger partial charge in [-0.25, -0.2) is 0 Å². The monoisotopic (exact) mass is 199 g/mol. The highest BCUT2D eigenvalue weighted by Crippen LogP contribution is 2.28. The Morgan fingerprint density at radius 1 is 1.54 bits per heavy atom. The summed E-state index contributed by atoms with van der Waals surface area (Å²) in [6.07, 6.45) is 3.66. The van der Waals surface area contributed by atoms with E-state index in [-0.39, 0.29) is 11.8 Å². The molecule has 0 radical (unpaired) electrons. The topological polar surface area (TPSA) is 53.2 Å². The van der Waals surface area contributed by atoms with Crippen molar-refractivity contribution in [3.8, 4) is 0 Å². The number of carbonyl (C=O) groups is 1. The van der Waals surface area contributed by atoms with Gasteiger partial charge >= 0.3 is 0 Å². The van der Waals surface area contributed by atoms with E-state index in [0.29, 0.717) is 11.7 Å². The minimum atomic E-state index is 0.0164. The molecule has 0 spiro atoms. The predicted octanol–water partition coefficient (Wildman–Crippen LogP) is 0.0777. The third-order valence-corrected chi connectivity index (χ3v) is 1.90. The van der Waals surface area contributed by atoms with Crippen LogP contribution in [0.5, 0.6) is 0 Å². The molecular formula is C8H13N3OS. The molecule has 1 aliphatic carbocycles. The number of hydrogen-bond acceptors (Lipinski definition) is 2. The highest BCUT2D eigenvalue weighted by atomic mass is 32.1. The van der Waals surface area contributed by atoms with Crippen molar-refractivity contribution in [2.45, 2.75) is 12.8 Å². The SMILES string of the molecule is C=CCNC(=S)NNC(=O)C1CC1. The molecule has 1 rings (SSSR count). The van der Waals surface area contributed by atoms with Gasteiger partial charge < -0.3 is 5.32 Å². The van der Waals surface area contributed by atoms with Gasteiger partial charge in [0.1, 0.15) is 0 Å². The van der Waals surface area contributed by atoms with E-state index in [9.17, 15) is 4.79 Å². The third kappa shape index (κ3) is 3.89. The average molecular weight is 199 g/mol. The maximum Gasteiger partial charge on any atom is 0.241 e. The minimum Gasteiger partial charge on any atom is -0.358 e. The van der Waals surface area contributed by atoms with Crippen LogP contribution in [0.2, 0.25) is 0 Å². The smallest absolute Gasteiger partial charge is 0.241 e. The molecule has 0 unspecified atom stereocenters. The summed E-state index contributed by atoms with van der Waals surface area (Å²) in [6.45, 7) is 4.12. The van der Waals surface area contributed by atoms with E-state index in [1.54, 1.807) is 6.08 Å². The second kappa shape index (κ2) is 4.81. The Morgan fingerprint density at radius 3 is 2.77 bits per heavy atom. The summed E-state index contributed by atoms with van der Waals surface area (Å²) in [5.74, 6) is 0.206. The fraction of sp³-hybridized carbons (Fsp3) is 0.500. The third-order valence-electron chi connectivity index (χ3n) is 1.65. The Balaban J connectivity index is 2.06. The van der Waals surface area contributed by atoms with Gasteiger partial charge in [-0.05, 0) is 25.1 Å². The first-order chi connectivity index (χ1) is 6.24. The average Bonchev–Trinajstić information content (AvgIpc) is 2.93. The zero-order chi connectivity index (χ0) is 9.68. The van der Waals surface area contributed by atoms with E-state index in [2.05, 4.69) is 22.7 Å². The lowest BCUT2D eigenvalue weighted by Crippen LogP contribution is -2.47. The summed E-state index contributed by atoms with van der Waals surface area (Å²) in [5.41, 5.74) is 5.14. The number of hydrogen-bond donors (Lipinski definition) is 3. The molecule has 0 aliphatic heterocycles. The fourth-order valence-corrected chi connectivity index (χ4v) is 0.909. The molecule has 5 heteroatoms. The summed E-state index contributed by atoms with van der Waals surface area (Å²) < 4.78 is 0. The van der Waals surface area contributed by atoms with E-state index in [1.807, 2.05) is 0 Å². The van der Waals surface area contributed by atoms with E-state index in [0.717, 1.165) is 12.8 Å². The first-order valence-corrected chi connectivity index (χ1v) is 4.59. The molecule has 0 aromatic carbocycles. The van der Waals surface area contributed by atoms with Gasteiger partial charge in [0.2, 0.25) is 5.91 Å². The van der Waals surface area contributed by atoms with Crippen molar-refractivity contribution in [3.63, 3.8) is 0 Å². The van der Waals surface area contributed by atoms with Crippen molar-refractivity contribution in [1.82, 2.24) is 16.2 Å².